The number of carbonyl (C=O) groups is 1. The van der Waals surface area contributed by atoms with E-state index < -0.39 is 0 Å². The van der Waals surface area contributed by atoms with Crippen LogP contribution in [0.4, 0.5) is 5.69 Å². The Bertz CT molecular complexity index is 836. The predicted octanol–water partition coefficient (Wildman–Crippen LogP) is 4.69. The van der Waals surface area contributed by atoms with Crippen LogP contribution in [0.2, 0.25) is 5.02 Å². The molecule has 0 fully saturated rings. The van der Waals surface area contributed by atoms with E-state index in [1.54, 1.807) is 12.1 Å². The molecule has 0 atom stereocenters. The second kappa shape index (κ2) is 5.26. The summed E-state index contributed by atoms with van der Waals surface area (Å²) < 4.78 is 0. The number of fused-ring (bicyclic) bond motifs is 1. The summed E-state index contributed by atoms with van der Waals surface area (Å²) in [7, 11) is 0. The van der Waals surface area contributed by atoms with Crippen molar-refractivity contribution in [2.24, 2.45) is 0 Å². The minimum absolute atomic E-state index is 0.175. The van der Waals surface area contributed by atoms with Crippen molar-refractivity contribution in [1.29, 1.82) is 0 Å². The first-order valence-corrected chi connectivity index (χ1v) is 7.08. The number of anilines is 1. The maximum Gasteiger partial charge on any atom is 0.272 e. The highest BCUT2D eigenvalue weighted by Gasteiger charge is 2.11. The number of aromatic amines is 1. The quantitative estimate of drug-likeness (QED) is 0.708. The SMILES string of the molecule is Cc1ccc(NC(=O)c2cc3cccc(Cl)c3[nH]2)cc1C. The highest BCUT2D eigenvalue weighted by atomic mass is 35.5. The number of amides is 1. The zero-order valence-electron chi connectivity index (χ0n) is 11.8. The smallest absolute Gasteiger partial charge is 0.272 e. The molecule has 21 heavy (non-hydrogen) atoms. The molecule has 2 aromatic carbocycles. The Kier molecular flexibility index (Phi) is 3.43. The molecular weight excluding hydrogens is 284 g/mol. The van der Waals surface area contributed by atoms with Gasteiger partial charge in [-0.3, -0.25) is 4.79 Å². The topological polar surface area (TPSA) is 44.9 Å². The van der Waals surface area contributed by atoms with Gasteiger partial charge in [0.2, 0.25) is 0 Å². The molecule has 0 saturated carbocycles. The van der Waals surface area contributed by atoms with Crippen molar-refractivity contribution >= 4 is 34.1 Å². The lowest BCUT2D eigenvalue weighted by molar-refractivity contribution is 0.102. The van der Waals surface area contributed by atoms with E-state index in [1.807, 2.05) is 44.2 Å². The second-order valence-electron chi connectivity index (χ2n) is 5.14. The first-order valence-electron chi connectivity index (χ1n) is 6.70. The van der Waals surface area contributed by atoms with Gasteiger partial charge in [0.15, 0.2) is 0 Å². The third-order valence-electron chi connectivity index (χ3n) is 3.61. The monoisotopic (exact) mass is 298 g/mol. The number of carbonyl (C=O) groups excluding carboxylic acids is 1. The molecule has 3 aromatic rings. The Hall–Kier alpha value is -2.26. The number of benzene rings is 2. The minimum Gasteiger partial charge on any atom is -0.349 e. The molecule has 0 radical (unpaired) electrons. The van der Waals surface area contributed by atoms with Gasteiger partial charge in [0.1, 0.15) is 5.69 Å². The summed E-state index contributed by atoms with van der Waals surface area (Å²) in [5.41, 5.74) is 4.41. The van der Waals surface area contributed by atoms with E-state index in [9.17, 15) is 4.79 Å². The number of aromatic nitrogens is 1. The van der Waals surface area contributed by atoms with Gasteiger partial charge in [-0.1, -0.05) is 29.8 Å². The third-order valence-corrected chi connectivity index (χ3v) is 3.93. The third kappa shape index (κ3) is 2.65. The number of aryl methyl sites for hydroxylation is 2. The predicted molar refractivity (Wildman–Crippen MR) is 87.2 cm³/mol. The maximum absolute atomic E-state index is 12.3. The number of H-pyrrole nitrogens is 1. The first-order chi connectivity index (χ1) is 10.0. The van der Waals surface area contributed by atoms with Crippen molar-refractivity contribution in [2.45, 2.75) is 13.8 Å². The van der Waals surface area contributed by atoms with Gasteiger partial charge >= 0.3 is 0 Å². The molecule has 4 heteroatoms. The number of rotatable bonds is 2. The van der Waals surface area contributed by atoms with E-state index in [4.69, 9.17) is 11.6 Å². The van der Waals surface area contributed by atoms with Crippen LogP contribution in [0.25, 0.3) is 10.9 Å². The van der Waals surface area contributed by atoms with Crippen LogP contribution in [-0.2, 0) is 0 Å². The molecule has 0 aliphatic rings. The number of halogens is 1. The zero-order valence-corrected chi connectivity index (χ0v) is 12.6. The van der Waals surface area contributed by atoms with Gasteiger partial charge in [0, 0.05) is 11.1 Å². The normalized spacial score (nSPS) is 10.8. The second-order valence-corrected chi connectivity index (χ2v) is 5.55. The van der Waals surface area contributed by atoms with Crippen LogP contribution in [0.3, 0.4) is 0 Å². The average molecular weight is 299 g/mol. The average Bonchev–Trinajstić information content (AvgIpc) is 2.89. The maximum atomic E-state index is 12.3. The molecule has 0 bridgehead atoms. The number of hydrogen-bond donors (Lipinski definition) is 2. The van der Waals surface area contributed by atoms with Crippen molar-refractivity contribution in [2.75, 3.05) is 5.32 Å². The fraction of sp³-hybridized carbons (Fsp3) is 0.118. The van der Waals surface area contributed by atoms with Gasteiger partial charge in [-0.05, 0) is 49.2 Å². The van der Waals surface area contributed by atoms with Crippen LogP contribution in [0.5, 0.6) is 0 Å². The molecule has 3 rings (SSSR count). The van der Waals surface area contributed by atoms with Crippen LogP contribution in [-0.4, -0.2) is 10.9 Å². The molecule has 106 valence electrons. The van der Waals surface area contributed by atoms with Crippen molar-refractivity contribution in [3.63, 3.8) is 0 Å². The van der Waals surface area contributed by atoms with Gasteiger partial charge in [-0.15, -0.1) is 0 Å². The standard InChI is InChI=1S/C17H15ClN2O/c1-10-6-7-13(8-11(10)2)19-17(21)15-9-12-4-3-5-14(18)16(12)20-15/h3-9,20H,1-2H3,(H,19,21). The van der Waals surface area contributed by atoms with Crippen molar-refractivity contribution in [3.8, 4) is 0 Å². The lowest BCUT2D eigenvalue weighted by Gasteiger charge is -2.06. The fourth-order valence-corrected chi connectivity index (χ4v) is 2.49. The first kappa shape index (κ1) is 13.7. The molecule has 2 N–H and O–H groups in total. The van der Waals surface area contributed by atoms with Gasteiger partial charge < -0.3 is 10.3 Å². The molecule has 3 nitrogen and oxygen atoms in total. The largest absolute Gasteiger partial charge is 0.349 e. The Labute approximate surface area is 127 Å². The van der Waals surface area contributed by atoms with Crippen LogP contribution in [0.15, 0.2) is 42.5 Å². The molecular formula is C17H15ClN2O. The van der Waals surface area contributed by atoms with Crippen LogP contribution < -0.4 is 5.32 Å². The summed E-state index contributed by atoms with van der Waals surface area (Å²) in [5.74, 6) is -0.175. The molecule has 1 amide bonds. The molecule has 0 aliphatic heterocycles. The van der Waals surface area contributed by atoms with Crippen LogP contribution in [0, 0.1) is 13.8 Å². The number of nitrogens with one attached hydrogen (secondary N) is 2. The van der Waals surface area contributed by atoms with E-state index in [0.29, 0.717) is 10.7 Å². The summed E-state index contributed by atoms with van der Waals surface area (Å²) in [4.78, 5) is 15.4. The molecule has 0 unspecified atom stereocenters. The highest BCUT2D eigenvalue weighted by molar-refractivity contribution is 6.35. The minimum atomic E-state index is -0.175. The molecule has 0 saturated heterocycles. The molecule has 1 aromatic heterocycles. The summed E-state index contributed by atoms with van der Waals surface area (Å²) in [6, 6.07) is 13.2. The van der Waals surface area contributed by atoms with E-state index in [1.165, 1.54) is 5.56 Å². The molecule has 0 aliphatic carbocycles. The van der Waals surface area contributed by atoms with Crippen molar-refractivity contribution in [1.82, 2.24) is 4.98 Å². The number of para-hydroxylation sites is 1. The van der Waals surface area contributed by atoms with E-state index >= 15 is 0 Å². The lowest BCUT2D eigenvalue weighted by atomic mass is 10.1. The lowest BCUT2D eigenvalue weighted by Crippen LogP contribution is -2.12. The van der Waals surface area contributed by atoms with Gasteiger partial charge in [0.25, 0.3) is 5.91 Å². The summed E-state index contributed by atoms with van der Waals surface area (Å²) in [5, 5.41) is 4.43. The fourth-order valence-electron chi connectivity index (χ4n) is 2.26. The van der Waals surface area contributed by atoms with Crippen molar-refractivity contribution in [3.05, 3.63) is 64.3 Å². The van der Waals surface area contributed by atoms with Gasteiger partial charge in [-0.2, -0.15) is 0 Å². The Balaban J connectivity index is 1.90. The van der Waals surface area contributed by atoms with Crippen molar-refractivity contribution < 1.29 is 4.79 Å². The summed E-state index contributed by atoms with van der Waals surface area (Å²) in [6.07, 6.45) is 0. The Morgan fingerprint density at radius 2 is 1.90 bits per heavy atom. The summed E-state index contributed by atoms with van der Waals surface area (Å²) in [6.45, 7) is 4.06. The summed E-state index contributed by atoms with van der Waals surface area (Å²) >= 11 is 6.11. The number of hydrogen-bond acceptors (Lipinski definition) is 1. The van der Waals surface area contributed by atoms with Gasteiger partial charge in [0.05, 0.1) is 10.5 Å². The highest BCUT2D eigenvalue weighted by Crippen LogP contribution is 2.24. The Morgan fingerprint density at radius 3 is 2.62 bits per heavy atom. The molecule has 0 spiro atoms. The van der Waals surface area contributed by atoms with Crippen LogP contribution >= 0.6 is 11.6 Å². The van der Waals surface area contributed by atoms with Gasteiger partial charge in [-0.25, -0.2) is 0 Å². The van der Waals surface area contributed by atoms with Crippen LogP contribution in [0.1, 0.15) is 21.6 Å². The molecule has 1 heterocycles. The van der Waals surface area contributed by atoms with E-state index in [2.05, 4.69) is 10.3 Å². The van der Waals surface area contributed by atoms with E-state index in [-0.39, 0.29) is 5.91 Å². The Morgan fingerprint density at radius 1 is 1.10 bits per heavy atom. The zero-order chi connectivity index (χ0) is 15.0. The van der Waals surface area contributed by atoms with E-state index in [0.717, 1.165) is 22.2 Å².